The Hall–Kier alpha value is -1.95. The molecule has 2 N–H and O–H groups in total. The molecule has 2 atom stereocenters. The summed E-state index contributed by atoms with van der Waals surface area (Å²) in [5.41, 5.74) is 8.05. The second-order valence-electron chi connectivity index (χ2n) is 5.27. The summed E-state index contributed by atoms with van der Waals surface area (Å²) in [7, 11) is 0. The van der Waals surface area contributed by atoms with Crippen molar-refractivity contribution in [1.82, 2.24) is 15.9 Å². The lowest BCUT2D eigenvalue weighted by atomic mass is 9.90. The molecule has 0 fully saturated rings. The third-order valence-electron chi connectivity index (χ3n) is 3.71. The lowest BCUT2D eigenvalue weighted by Gasteiger charge is -2.28. The van der Waals surface area contributed by atoms with E-state index < -0.39 is 0 Å². The predicted octanol–water partition coefficient (Wildman–Crippen LogP) is 2.76. The monoisotopic (exact) mass is 306 g/mol. The van der Waals surface area contributed by atoms with Gasteiger partial charge in [-0.2, -0.15) is 5.10 Å². The fourth-order valence-electron chi connectivity index (χ4n) is 2.65. The van der Waals surface area contributed by atoms with Crippen LogP contribution in [-0.2, 0) is 4.79 Å². The summed E-state index contributed by atoms with van der Waals surface area (Å²) in [4.78, 5) is 11.3. The third kappa shape index (κ3) is 3.11. The maximum absolute atomic E-state index is 13.8. The smallest absolute Gasteiger partial charge is 0.240 e. The average Bonchev–Trinajstić information content (AvgIpc) is 2.91. The van der Waals surface area contributed by atoms with E-state index in [2.05, 4.69) is 29.0 Å². The Kier molecular flexibility index (Phi) is 5.13. The van der Waals surface area contributed by atoms with Crippen LogP contribution in [0.3, 0.4) is 0 Å². The van der Waals surface area contributed by atoms with Gasteiger partial charge in [0.25, 0.3) is 0 Å². The Bertz CT molecular complexity index is 577. The molecule has 120 valence electrons. The number of rotatable bonds is 2. The van der Waals surface area contributed by atoms with E-state index in [0.29, 0.717) is 6.42 Å². The van der Waals surface area contributed by atoms with Crippen LogP contribution in [0.2, 0.25) is 0 Å². The Balaban J connectivity index is 0.000000847. The third-order valence-corrected chi connectivity index (χ3v) is 3.71. The largest absolute Gasteiger partial charge is 0.280 e. The van der Waals surface area contributed by atoms with Crippen LogP contribution in [0.25, 0.3) is 0 Å². The molecule has 5 nitrogen and oxygen atoms in total. The Labute approximate surface area is 130 Å². The second-order valence-corrected chi connectivity index (χ2v) is 5.27. The second kappa shape index (κ2) is 6.87. The van der Waals surface area contributed by atoms with Crippen molar-refractivity contribution < 1.29 is 9.18 Å². The minimum Gasteiger partial charge on any atom is -0.280 e. The predicted molar refractivity (Wildman–Crippen MR) is 85.1 cm³/mol. The molecule has 0 aromatic rings. The van der Waals surface area contributed by atoms with Crippen molar-refractivity contribution in [2.75, 3.05) is 0 Å². The number of hydrogen-bond donors (Lipinski definition) is 2. The number of halogens is 1. The van der Waals surface area contributed by atoms with Gasteiger partial charge in [0, 0.05) is 24.0 Å². The average molecular weight is 306 g/mol. The van der Waals surface area contributed by atoms with E-state index in [1.165, 1.54) is 12.3 Å². The van der Waals surface area contributed by atoms with Gasteiger partial charge in [-0.25, -0.2) is 15.2 Å². The number of hydrazine groups is 1. The molecule has 3 heterocycles. The van der Waals surface area contributed by atoms with Crippen LogP contribution in [-0.4, -0.2) is 22.7 Å². The number of nitrogens with zero attached hydrogens (tertiary/aromatic N) is 2. The first-order valence-corrected chi connectivity index (χ1v) is 7.82. The molecule has 1 amide bonds. The summed E-state index contributed by atoms with van der Waals surface area (Å²) in [6.07, 6.45) is 6.27. The number of nitrogens with one attached hydrogen (secondary N) is 2. The molecule has 0 spiro atoms. The van der Waals surface area contributed by atoms with Gasteiger partial charge in [-0.15, -0.1) is 0 Å². The summed E-state index contributed by atoms with van der Waals surface area (Å²) in [5.74, 6) is -0.451. The van der Waals surface area contributed by atoms with E-state index >= 15 is 0 Å². The van der Waals surface area contributed by atoms with Gasteiger partial charge < -0.3 is 0 Å². The van der Waals surface area contributed by atoms with Crippen molar-refractivity contribution in [3.63, 3.8) is 0 Å². The first-order valence-electron chi connectivity index (χ1n) is 7.82. The lowest BCUT2D eigenvalue weighted by Crippen LogP contribution is -2.37. The molecule has 0 saturated carbocycles. The molecule has 0 bridgehead atoms. The van der Waals surface area contributed by atoms with Crippen molar-refractivity contribution >= 4 is 11.6 Å². The normalized spacial score (nSPS) is 26.8. The van der Waals surface area contributed by atoms with Crippen molar-refractivity contribution in [2.24, 2.45) is 11.0 Å². The number of amides is 1. The van der Waals surface area contributed by atoms with Crippen LogP contribution in [0.15, 0.2) is 40.6 Å². The molecule has 0 aromatic carbocycles. The van der Waals surface area contributed by atoms with Crippen LogP contribution >= 0.6 is 0 Å². The van der Waals surface area contributed by atoms with E-state index in [1.54, 1.807) is 5.01 Å². The van der Waals surface area contributed by atoms with Gasteiger partial charge in [0.15, 0.2) is 0 Å². The van der Waals surface area contributed by atoms with Gasteiger partial charge in [-0.3, -0.25) is 9.80 Å². The number of carbonyl (C=O) groups is 1. The highest BCUT2D eigenvalue weighted by Gasteiger charge is 2.32. The highest BCUT2D eigenvalue weighted by atomic mass is 19.1. The fourth-order valence-corrected chi connectivity index (χ4v) is 2.65. The van der Waals surface area contributed by atoms with E-state index in [0.717, 1.165) is 23.4 Å². The summed E-state index contributed by atoms with van der Waals surface area (Å²) in [5, 5.41) is 5.82. The summed E-state index contributed by atoms with van der Waals surface area (Å²) >= 11 is 0. The van der Waals surface area contributed by atoms with Crippen molar-refractivity contribution in [2.45, 2.75) is 46.6 Å². The summed E-state index contributed by atoms with van der Waals surface area (Å²) < 4.78 is 13.8. The van der Waals surface area contributed by atoms with E-state index in [-0.39, 0.29) is 23.7 Å². The molecule has 0 saturated heterocycles. The molecule has 6 heteroatoms. The highest BCUT2D eigenvalue weighted by molar-refractivity contribution is 6.08. The highest BCUT2D eigenvalue weighted by Crippen LogP contribution is 2.32. The Morgan fingerprint density at radius 1 is 1.45 bits per heavy atom. The molecule has 22 heavy (non-hydrogen) atoms. The number of carbonyl (C=O) groups excluding carboxylic acids is 1. The molecule has 0 aliphatic carbocycles. The Morgan fingerprint density at radius 2 is 2.18 bits per heavy atom. The minimum absolute atomic E-state index is 0.0238. The van der Waals surface area contributed by atoms with Crippen molar-refractivity contribution in [3.8, 4) is 0 Å². The minimum atomic E-state index is -0.326. The van der Waals surface area contributed by atoms with Gasteiger partial charge in [0.05, 0.1) is 17.6 Å². The van der Waals surface area contributed by atoms with Crippen molar-refractivity contribution in [3.05, 3.63) is 35.4 Å². The molecule has 0 radical (unpaired) electrons. The van der Waals surface area contributed by atoms with Gasteiger partial charge in [-0.1, -0.05) is 27.7 Å². The number of fused-ring (bicyclic) bond motifs is 1. The quantitative estimate of drug-likeness (QED) is 0.825. The van der Waals surface area contributed by atoms with E-state index in [4.69, 9.17) is 0 Å². The first-order chi connectivity index (χ1) is 10.6. The van der Waals surface area contributed by atoms with Crippen LogP contribution in [0, 0.1) is 5.92 Å². The zero-order chi connectivity index (χ0) is 16.3. The molecular formula is C16H23FN4O. The van der Waals surface area contributed by atoms with Crippen LogP contribution in [0.1, 0.15) is 40.5 Å². The van der Waals surface area contributed by atoms with Gasteiger partial charge >= 0.3 is 0 Å². The van der Waals surface area contributed by atoms with Crippen molar-refractivity contribution in [1.29, 1.82) is 0 Å². The molecular weight excluding hydrogens is 283 g/mol. The standard InChI is InChI=1S/C14H17FN4O.C2H6/c1-3-10-6-12-11(5-9(15)7-19(12)18-10)14-8(2)4-13(20)16-17-14;1-2/h5-8,10,18H,3-4H2,1-2H3,(H,16,20);1-2H3. The molecule has 3 aliphatic rings. The lowest BCUT2D eigenvalue weighted by molar-refractivity contribution is -0.121. The number of hydrogen-bond acceptors (Lipinski definition) is 4. The van der Waals surface area contributed by atoms with E-state index in [1.807, 2.05) is 20.8 Å². The first kappa shape index (κ1) is 16.4. The topological polar surface area (TPSA) is 56.7 Å². The molecule has 3 rings (SSSR count). The Morgan fingerprint density at radius 3 is 2.82 bits per heavy atom. The summed E-state index contributed by atoms with van der Waals surface area (Å²) in [6.45, 7) is 8.00. The van der Waals surface area contributed by atoms with Gasteiger partial charge in [0.1, 0.15) is 5.83 Å². The van der Waals surface area contributed by atoms with Gasteiger partial charge in [-0.05, 0) is 18.6 Å². The van der Waals surface area contributed by atoms with Gasteiger partial charge in [0.2, 0.25) is 5.91 Å². The number of allylic oxidation sites excluding steroid dienone is 3. The van der Waals surface area contributed by atoms with Crippen LogP contribution in [0.5, 0.6) is 0 Å². The molecule has 0 aromatic heterocycles. The molecule has 2 unspecified atom stereocenters. The SMILES string of the molecule is CC.CCC1C=C2C(C3=NNC(=O)CC3C)=CC(F)=CN2N1. The maximum Gasteiger partial charge on any atom is 0.240 e. The fraction of sp³-hybridized carbons (Fsp3) is 0.500. The van der Waals surface area contributed by atoms with Crippen LogP contribution < -0.4 is 10.9 Å². The van der Waals surface area contributed by atoms with E-state index in [9.17, 15) is 9.18 Å². The molecule has 3 aliphatic heterocycles. The zero-order valence-electron chi connectivity index (χ0n) is 13.5. The maximum atomic E-state index is 13.8. The zero-order valence-corrected chi connectivity index (χ0v) is 13.5. The summed E-state index contributed by atoms with van der Waals surface area (Å²) in [6, 6.07) is 0.185. The van der Waals surface area contributed by atoms with Crippen LogP contribution in [0.4, 0.5) is 4.39 Å². The number of hydrazone groups is 1.